The van der Waals surface area contributed by atoms with E-state index < -0.39 is 0 Å². The zero-order valence-corrected chi connectivity index (χ0v) is 8.86. The summed E-state index contributed by atoms with van der Waals surface area (Å²) in [7, 11) is 0. The summed E-state index contributed by atoms with van der Waals surface area (Å²) in [5.41, 5.74) is 1.17. The van der Waals surface area contributed by atoms with Crippen molar-refractivity contribution in [2.24, 2.45) is 0 Å². The van der Waals surface area contributed by atoms with Gasteiger partial charge in [-0.3, -0.25) is 0 Å². The molecule has 0 bridgehead atoms. The predicted octanol–water partition coefficient (Wildman–Crippen LogP) is 2.53. The van der Waals surface area contributed by atoms with E-state index in [1.165, 1.54) is 5.56 Å². The molecule has 0 saturated carbocycles. The molecule has 1 atom stereocenters. The van der Waals surface area contributed by atoms with Crippen molar-refractivity contribution in [1.29, 1.82) is 0 Å². The summed E-state index contributed by atoms with van der Waals surface area (Å²) >= 11 is 0. The fourth-order valence-corrected chi connectivity index (χ4v) is 1.31. The highest BCUT2D eigenvalue weighted by Gasteiger charge is 2.03. The highest BCUT2D eigenvalue weighted by molar-refractivity contribution is 5.27. The summed E-state index contributed by atoms with van der Waals surface area (Å²) in [5, 5.41) is 9.45. The smallest absolute Gasteiger partial charge is 0.119 e. The van der Waals surface area contributed by atoms with Gasteiger partial charge in [-0.15, -0.1) is 0 Å². The molecule has 0 amide bonds. The standard InChI is InChI=1S/C12H18O2/c1-3-5-11(13)9-14-12-7-4-6-10(2)8-12/h4,6-8,11,13H,3,5,9H2,1-2H3. The van der Waals surface area contributed by atoms with Gasteiger partial charge >= 0.3 is 0 Å². The third-order valence-corrected chi connectivity index (χ3v) is 2.05. The van der Waals surface area contributed by atoms with Crippen LogP contribution in [0, 0.1) is 6.92 Å². The van der Waals surface area contributed by atoms with Crippen LogP contribution < -0.4 is 4.74 Å². The average Bonchev–Trinajstić information content (AvgIpc) is 2.15. The van der Waals surface area contributed by atoms with Gasteiger partial charge in [0, 0.05) is 0 Å². The molecule has 0 aromatic heterocycles. The normalized spacial score (nSPS) is 12.5. The van der Waals surface area contributed by atoms with Crippen LogP contribution in [0.15, 0.2) is 24.3 Å². The van der Waals surface area contributed by atoms with Gasteiger partial charge in [-0.2, -0.15) is 0 Å². The molecule has 1 unspecified atom stereocenters. The fraction of sp³-hybridized carbons (Fsp3) is 0.500. The van der Waals surface area contributed by atoms with Gasteiger partial charge in [-0.05, 0) is 31.0 Å². The van der Waals surface area contributed by atoms with E-state index in [0.717, 1.165) is 18.6 Å². The van der Waals surface area contributed by atoms with Crippen molar-refractivity contribution < 1.29 is 9.84 Å². The molecule has 0 radical (unpaired) electrons. The van der Waals surface area contributed by atoms with Crippen LogP contribution in [0.3, 0.4) is 0 Å². The minimum atomic E-state index is -0.347. The Labute approximate surface area is 85.5 Å². The second-order valence-corrected chi connectivity index (χ2v) is 3.57. The second kappa shape index (κ2) is 5.66. The lowest BCUT2D eigenvalue weighted by molar-refractivity contribution is 0.0993. The number of rotatable bonds is 5. The van der Waals surface area contributed by atoms with Crippen molar-refractivity contribution in [2.75, 3.05) is 6.61 Å². The summed E-state index contributed by atoms with van der Waals surface area (Å²) in [6, 6.07) is 7.86. The number of hydrogen-bond acceptors (Lipinski definition) is 2. The second-order valence-electron chi connectivity index (χ2n) is 3.57. The SMILES string of the molecule is CCCC(O)COc1cccc(C)c1. The Hall–Kier alpha value is -1.02. The first-order chi connectivity index (χ1) is 6.72. The van der Waals surface area contributed by atoms with Crippen molar-refractivity contribution in [1.82, 2.24) is 0 Å². The minimum Gasteiger partial charge on any atom is -0.491 e. The molecule has 0 saturated heterocycles. The van der Waals surface area contributed by atoms with Crippen molar-refractivity contribution >= 4 is 0 Å². The Morgan fingerprint density at radius 3 is 2.86 bits per heavy atom. The molecule has 1 aromatic rings. The monoisotopic (exact) mass is 194 g/mol. The topological polar surface area (TPSA) is 29.5 Å². The molecule has 0 heterocycles. The maximum absolute atomic E-state index is 9.45. The number of hydrogen-bond donors (Lipinski definition) is 1. The van der Waals surface area contributed by atoms with Crippen molar-refractivity contribution in [3.63, 3.8) is 0 Å². The minimum absolute atomic E-state index is 0.347. The molecule has 0 fully saturated rings. The Kier molecular flexibility index (Phi) is 4.47. The van der Waals surface area contributed by atoms with Crippen LogP contribution in [-0.4, -0.2) is 17.8 Å². The van der Waals surface area contributed by atoms with Crippen LogP contribution in [0.5, 0.6) is 5.75 Å². The summed E-state index contributed by atoms with van der Waals surface area (Å²) in [6.45, 7) is 4.46. The van der Waals surface area contributed by atoms with E-state index in [2.05, 4.69) is 6.92 Å². The number of ether oxygens (including phenoxy) is 1. The zero-order valence-electron chi connectivity index (χ0n) is 8.86. The zero-order chi connectivity index (χ0) is 10.4. The van der Waals surface area contributed by atoms with Crippen LogP contribution in [0.25, 0.3) is 0 Å². The molecule has 0 aliphatic rings. The molecule has 1 N–H and O–H groups in total. The quantitative estimate of drug-likeness (QED) is 0.780. The third-order valence-electron chi connectivity index (χ3n) is 2.05. The Balaban J connectivity index is 2.37. The molecule has 1 aromatic carbocycles. The van der Waals surface area contributed by atoms with Gasteiger partial charge in [0.15, 0.2) is 0 Å². The van der Waals surface area contributed by atoms with Crippen molar-refractivity contribution in [3.05, 3.63) is 29.8 Å². The molecule has 1 rings (SSSR count). The summed E-state index contributed by atoms with van der Waals surface area (Å²) < 4.78 is 5.45. The first kappa shape index (κ1) is 11.1. The number of aliphatic hydroxyl groups is 1. The Morgan fingerprint density at radius 1 is 1.43 bits per heavy atom. The molecule has 0 spiro atoms. The molecule has 2 heteroatoms. The predicted molar refractivity (Wildman–Crippen MR) is 57.6 cm³/mol. The molecule has 14 heavy (non-hydrogen) atoms. The fourth-order valence-electron chi connectivity index (χ4n) is 1.31. The number of benzene rings is 1. The van der Waals surface area contributed by atoms with Crippen LogP contribution in [0.2, 0.25) is 0 Å². The highest BCUT2D eigenvalue weighted by atomic mass is 16.5. The average molecular weight is 194 g/mol. The largest absolute Gasteiger partial charge is 0.491 e. The van der Waals surface area contributed by atoms with Gasteiger partial charge in [-0.1, -0.05) is 25.5 Å². The van der Waals surface area contributed by atoms with Crippen LogP contribution in [-0.2, 0) is 0 Å². The van der Waals surface area contributed by atoms with Crippen LogP contribution in [0.4, 0.5) is 0 Å². The maximum atomic E-state index is 9.45. The lowest BCUT2D eigenvalue weighted by Gasteiger charge is -2.11. The van der Waals surface area contributed by atoms with Gasteiger partial charge in [0.2, 0.25) is 0 Å². The molecule has 0 aliphatic carbocycles. The van der Waals surface area contributed by atoms with E-state index in [1.54, 1.807) is 0 Å². The molecule has 78 valence electrons. The van der Waals surface area contributed by atoms with Crippen molar-refractivity contribution in [2.45, 2.75) is 32.8 Å². The van der Waals surface area contributed by atoms with Crippen LogP contribution in [0.1, 0.15) is 25.3 Å². The van der Waals surface area contributed by atoms with E-state index in [9.17, 15) is 5.11 Å². The first-order valence-electron chi connectivity index (χ1n) is 5.10. The van der Waals surface area contributed by atoms with Gasteiger partial charge in [0.1, 0.15) is 12.4 Å². The van der Waals surface area contributed by atoms with E-state index in [-0.39, 0.29) is 6.10 Å². The van der Waals surface area contributed by atoms with E-state index in [1.807, 2.05) is 31.2 Å². The highest BCUT2D eigenvalue weighted by Crippen LogP contribution is 2.12. The van der Waals surface area contributed by atoms with E-state index in [4.69, 9.17) is 4.74 Å². The van der Waals surface area contributed by atoms with Gasteiger partial charge < -0.3 is 9.84 Å². The summed E-state index contributed by atoms with van der Waals surface area (Å²) in [5.74, 6) is 0.833. The van der Waals surface area contributed by atoms with Crippen molar-refractivity contribution in [3.8, 4) is 5.75 Å². The van der Waals surface area contributed by atoms with Gasteiger partial charge in [0.25, 0.3) is 0 Å². The molecular formula is C12H18O2. The molecule has 2 nitrogen and oxygen atoms in total. The Morgan fingerprint density at radius 2 is 2.21 bits per heavy atom. The lowest BCUT2D eigenvalue weighted by atomic mass is 10.2. The molecular weight excluding hydrogens is 176 g/mol. The first-order valence-corrected chi connectivity index (χ1v) is 5.10. The number of aliphatic hydroxyl groups excluding tert-OH is 1. The summed E-state index contributed by atoms with van der Waals surface area (Å²) in [4.78, 5) is 0. The summed E-state index contributed by atoms with van der Waals surface area (Å²) in [6.07, 6.45) is 1.44. The third kappa shape index (κ3) is 3.79. The van der Waals surface area contributed by atoms with Gasteiger partial charge in [-0.25, -0.2) is 0 Å². The molecule has 0 aliphatic heterocycles. The van der Waals surface area contributed by atoms with Crippen LogP contribution >= 0.6 is 0 Å². The lowest BCUT2D eigenvalue weighted by Crippen LogP contribution is -2.16. The van der Waals surface area contributed by atoms with E-state index in [0.29, 0.717) is 6.61 Å². The maximum Gasteiger partial charge on any atom is 0.119 e. The number of aryl methyl sites for hydroxylation is 1. The van der Waals surface area contributed by atoms with E-state index >= 15 is 0 Å². The van der Waals surface area contributed by atoms with Gasteiger partial charge in [0.05, 0.1) is 6.10 Å². The Bertz CT molecular complexity index is 271.